The Labute approximate surface area is 153 Å². The van der Waals surface area contributed by atoms with Gasteiger partial charge in [0.1, 0.15) is 16.6 Å². The van der Waals surface area contributed by atoms with Crippen molar-refractivity contribution in [1.82, 2.24) is 9.97 Å². The average Bonchev–Trinajstić information content (AvgIpc) is 2.64. The summed E-state index contributed by atoms with van der Waals surface area (Å²) >= 11 is 6.75. The number of aromatic nitrogens is 2. The second-order valence-electron chi connectivity index (χ2n) is 5.03. The normalized spacial score (nSPS) is 13.4. The van der Waals surface area contributed by atoms with Crippen molar-refractivity contribution in [3.63, 3.8) is 0 Å². The Hall–Kier alpha value is -2.07. The van der Waals surface area contributed by atoms with Crippen LogP contribution >= 0.6 is 31.9 Å². The first-order valence-electron chi connectivity index (χ1n) is 6.91. The van der Waals surface area contributed by atoms with Crippen LogP contribution in [0.15, 0.2) is 27.4 Å². The SMILES string of the molecule is CCN1c2cc(Br)c(Br)nc2N(C)C(=O)c2cc([N+](=O)[O-])cnc21. The summed E-state index contributed by atoms with van der Waals surface area (Å²) in [7, 11) is 1.58. The largest absolute Gasteiger partial charge is 0.323 e. The molecule has 0 bridgehead atoms. The number of carbonyl (C=O) groups is 1. The van der Waals surface area contributed by atoms with Gasteiger partial charge in [-0.2, -0.15) is 0 Å². The number of rotatable bonds is 2. The van der Waals surface area contributed by atoms with Crippen molar-refractivity contribution in [2.24, 2.45) is 0 Å². The Morgan fingerprint density at radius 2 is 2.00 bits per heavy atom. The molecular weight excluding hydrogens is 446 g/mol. The third-order valence-electron chi connectivity index (χ3n) is 3.67. The van der Waals surface area contributed by atoms with Crippen LogP contribution in [-0.4, -0.2) is 34.4 Å². The molecule has 0 radical (unpaired) electrons. The number of fused-ring (bicyclic) bond motifs is 2. The second kappa shape index (κ2) is 6.10. The molecular formula is C14H11Br2N5O3. The van der Waals surface area contributed by atoms with E-state index in [1.165, 1.54) is 11.0 Å². The molecule has 0 spiro atoms. The maximum Gasteiger partial charge on any atom is 0.288 e. The smallest absolute Gasteiger partial charge is 0.288 e. The first kappa shape index (κ1) is 16.8. The van der Waals surface area contributed by atoms with Gasteiger partial charge in [0.25, 0.3) is 11.6 Å². The number of nitrogens with zero attached hydrogens (tertiary/aromatic N) is 5. The highest BCUT2D eigenvalue weighted by Gasteiger charge is 2.32. The Morgan fingerprint density at radius 3 is 2.62 bits per heavy atom. The average molecular weight is 457 g/mol. The Morgan fingerprint density at radius 1 is 1.29 bits per heavy atom. The fraction of sp³-hybridized carbons (Fsp3) is 0.214. The zero-order valence-corrected chi connectivity index (χ0v) is 15.8. The Kier molecular flexibility index (Phi) is 4.26. The van der Waals surface area contributed by atoms with E-state index in [1.54, 1.807) is 11.9 Å². The maximum absolute atomic E-state index is 12.8. The third-order valence-corrected chi connectivity index (χ3v) is 5.41. The summed E-state index contributed by atoms with van der Waals surface area (Å²) in [6.45, 7) is 2.42. The highest BCUT2D eigenvalue weighted by Crippen LogP contribution is 2.41. The molecule has 0 saturated heterocycles. The predicted octanol–water partition coefficient (Wildman–Crippen LogP) is 3.66. The van der Waals surface area contributed by atoms with Gasteiger partial charge in [0.2, 0.25) is 0 Å². The molecule has 124 valence electrons. The van der Waals surface area contributed by atoms with E-state index < -0.39 is 10.8 Å². The van der Waals surface area contributed by atoms with Gasteiger partial charge >= 0.3 is 0 Å². The lowest BCUT2D eigenvalue weighted by molar-refractivity contribution is -0.385. The molecule has 24 heavy (non-hydrogen) atoms. The number of amides is 1. The summed E-state index contributed by atoms with van der Waals surface area (Å²) in [5.74, 6) is 0.410. The molecule has 0 N–H and O–H groups in total. The van der Waals surface area contributed by atoms with Crippen molar-refractivity contribution >= 4 is 60.8 Å². The van der Waals surface area contributed by atoms with E-state index in [-0.39, 0.29) is 11.3 Å². The number of anilines is 3. The van der Waals surface area contributed by atoms with Crippen LogP contribution in [0.25, 0.3) is 0 Å². The molecule has 1 aliphatic heterocycles. The number of halogens is 2. The molecule has 2 aromatic heterocycles. The molecule has 0 saturated carbocycles. The van der Waals surface area contributed by atoms with Gasteiger partial charge < -0.3 is 4.90 Å². The van der Waals surface area contributed by atoms with Crippen LogP contribution in [0.4, 0.5) is 23.0 Å². The van der Waals surface area contributed by atoms with Gasteiger partial charge in [-0.25, -0.2) is 9.97 Å². The van der Waals surface area contributed by atoms with E-state index in [4.69, 9.17) is 0 Å². The van der Waals surface area contributed by atoms with Crippen molar-refractivity contribution in [3.8, 4) is 0 Å². The topological polar surface area (TPSA) is 92.5 Å². The minimum absolute atomic E-state index is 0.166. The molecule has 10 heteroatoms. The van der Waals surface area contributed by atoms with E-state index >= 15 is 0 Å². The second-order valence-corrected chi connectivity index (χ2v) is 6.64. The minimum atomic E-state index is -0.569. The van der Waals surface area contributed by atoms with Crippen LogP contribution in [0.1, 0.15) is 17.3 Å². The van der Waals surface area contributed by atoms with Gasteiger partial charge in [-0.1, -0.05) is 0 Å². The third kappa shape index (κ3) is 2.55. The number of carbonyl (C=O) groups excluding carboxylic acids is 1. The predicted molar refractivity (Wildman–Crippen MR) is 95.9 cm³/mol. The summed E-state index contributed by atoms with van der Waals surface area (Å²) in [5.41, 5.74) is 0.621. The molecule has 0 aromatic carbocycles. The van der Waals surface area contributed by atoms with Gasteiger partial charge in [-0.15, -0.1) is 0 Å². The summed E-state index contributed by atoms with van der Waals surface area (Å²) < 4.78 is 1.28. The summed E-state index contributed by atoms with van der Waals surface area (Å²) in [6, 6.07) is 3.08. The van der Waals surface area contributed by atoms with Crippen LogP contribution in [0.5, 0.6) is 0 Å². The number of pyridine rings is 2. The number of hydrogen-bond acceptors (Lipinski definition) is 6. The molecule has 0 unspecified atom stereocenters. The number of hydrogen-bond donors (Lipinski definition) is 0. The summed E-state index contributed by atoms with van der Waals surface area (Å²) in [5, 5.41) is 11.0. The summed E-state index contributed by atoms with van der Waals surface area (Å²) in [6.07, 6.45) is 1.15. The molecule has 0 atom stereocenters. The molecule has 8 nitrogen and oxygen atoms in total. The van der Waals surface area contributed by atoms with Crippen molar-refractivity contribution in [2.75, 3.05) is 23.4 Å². The summed E-state index contributed by atoms with van der Waals surface area (Å²) in [4.78, 5) is 35.0. The standard InChI is InChI=1S/C14H11Br2N5O3/c1-3-20-10-5-9(15)11(16)18-13(10)19(2)14(22)8-4-7(21(23)24)6-17-12(8)20/h4-6H,3H2,1-2H3. The molecule has 3 rings (SSSR count). The van der Waals surface area contributed by atoms with Gasteiger partial charge in [0, 0.05) is 19.7 Å². The highest BCUT2D eigenvalue weighted by molar-refractivity contribution is 9.13. The van der Waals surface area contributed by atoms with Crippen LogP contribution in [-0.2, 0) is 0 Å². The molecule has 0 aliphatic carbocycles. The fourth-order valence-electron chi connectivity index (χ4n) is 2.52. The van der Waals surface area contributed by atoms with Crippen molar-refractivity contribution < 1.29 is 9.72 Å². The quantitative estimate of drug-likeness (QED) is 0.389. The van der Waals surface area contributed by atoms with Crippen LogP contribution in [0.2, 0.25) is 0 Å². The van der Waals surface area contributed by atoms with Crippen molar-refractivity contribution in [1.29, 1.82) is 0 Å². The van der Waals surface area contributed by atoms with E-state index in [0.717, 1.165) is 10.7 Å². The Balaban J connectivity index is 2.31. The minimum Gasteiger partial charge on any atom is -0.323 e. The maximum atomic E-state index is 12.8. The van der Waals surface area contributed by atoms with Gasteiger partial charge in [0.15, 0.2) is 5.82 Å². The van der Waals surface area contributed by atoms with Crippen molar-refractivity contribution in [2.45, 2.75) is 6.92 Å². The van der Waals surface area contributed by atoms with Gasteiger partial charge in [-0.05, 0) is 44.8 Å². The lowest BCUT2D eigenvalue weighted by atomic mass is 10.2. The van der Waals surface area contributed by atoms with E-state index in [1.807, 2.05) is 13.0 Å². The molecule has 2 aromatic rings. The molecule has 1 amide bonds. The van der Waals surface area contributed by atoms with Gasteiger partial charge in [0.05, 0.1) is 20.6 Å². The zero-order valence-electron chi connectivity index (χ0n) is 12.7. The van der Waals surface area contributed by atoms with Crippen LogP contribution in [0, 0.1) is 10.1 Å². The zero-order chi connectivity index (χ0) is 17.6. The Bertz CT molecular complexity index is 874. The van der Waals surface area contributed by atoms with Crippen LogP contribution < -0.4 is 9.80 Å². The van der Waals surface area contributed by atoms with E-state index in [0.29, 0.717) is 28.5 Å². The lowest BCUT2D eigenvalue weighted by Gasteiger charge is -2.23. The van der Waals surface area contributed by atoms with E-state index in [2.05, 4.69) is 41.8 Å². The monoisotopic (exact) mass is 455 g/mol. The first-order valence-corrected chi connectivity index (χ1v) is 8.49. The molecule has 1 aliphatic rings. The van der Waals surface area contributed by atoms with Crippen molar-refractivity contribution in [3.05, 3.63) is 43.1 Å². The van der Waals surface area contributed by atoms with Crippen LogP contribution in [0.3, 0.4) is 0 Å². The first-order chi connectivity index (χ1) is 11.3. The highest BCUT2D eigenvalue weighted by atomic mass is 79.9. The van der Waals surface area contributed by atoms with E-state index in [9.17, 15) is 14.9 Å². The lowest BCUT2D eigenvalue weighted by Crippen LogP contribution is -2.26. The number of nitro groups is 1. The molecule has 0 fully saturated rings. The fourth-order valence-corrected chi connectivity index (χ4v) is 3.11. The van der Waals surface area contributed by atoms with Gasteiger partial charge in [-0.3, -0.25) is 19.8 Å². The molecule has 3 heterocycles.